The van der Waals surface area contributed by atoms with Gasteiger partial charge in [0, 0.05) is 0 Å². The number of hydrogen-bond donors (Lipinski definition) is 1. The van der Waals surface area contributed by atoms with Crippen LogP contribution < -0.4 is 0 Å². The van der Waals surface area contributed by atoms with Crippen molar-refractivity contribution < 1.29 is 27.4 Å². The normalized spacial score (nSPS) is 11.7. The molecule has 1 N–H and O–H groups in total. The Morgan fingerprint density at radius 3 is 2.42 bits per heavy atom. The van der Waals surface area contributed by atoms with Crippen molar-refractivity contribution in [3.63, 3.8) is 0 Å². The van der Waals surface area contributed by atoms with Crippen LogP contribution in [0.3, 0.4) is 0 Å². The lowest BCUT2D eigenvalue weighted by Crippen LogP contribution is -2.15. The summed E-state index contributed by atoms with van der Waals surface area (Å²) in [5, 5.41) is 8.45. The first-order valence-electron chi connectivity index (χ1n) is 5.81. The first-order chi connectivity index (χ1) is 9.06. The highest BCUT2D eigenvalue weighted by atomic mass is 32.2. The van der Waals surface area contributed by atoms with Gasteiger partial charge in [-0.25, -0.2) is 12.8 Å². The van der Waals surface area contributed by atoms with Crippen LogP contribution in [0.4, 0.5) is 4.39 Å². The summed E-state index contributed by atoms with van der Waals surface area (Å²) >= 11 is 0. The molecule has 0 atom stereocenters. The molecule has 0 aromatic heterocycles. The number of benzene rings is 1. The van der Waals surface area contributed by atoms with Crippen LogP contribution in [0.25, 0.3) is 0 Å². The molecule has 0 spiro atoms. The van der Waals surface area contributed by atoms with Gasteiger partial charge in [0.1, 0.15) is 5.82 Å². The summed E-state index contributed by atoms with van der Waals surface area (Å²) in [6.07, 6.45) is 0. The summed E-state index contributed by atoms with van der Waals surface area (Å²) in [4.78, 5) is -0.0485. The highest BCUT2D eigenvalue weighted by molar-refractivity contribution is 7.91. The van der Waals surface area contributed by atoms with Crippen molar-refractivity contribution in [3.05, 3.63) is 30.1 Å². The molecule has 1 aromatic carbocycles. The second-order valence-corrected chi connectivity index (χ2v) is 5.83. The zero-order chi connectivity index (χ0) is 14.1. The van der Waals surface area contributed by atoms with Gasteiger partial charge in [0.25, 0.3) is 0 Å². The summed E-state index contributed by atoms with van der Waals surface area (Å²) in [6, 6.07) is 4.88. The van der Waals surface area contributed by atoms with Crippen LogP contribution >= 0.6 is 0 Å². The molecule has 0 aliphatic carbocycles. The topological polar surface area (TPSA) is 72.8 Å². The van der Waals surface area contributed by atoms with E-state index in [1.54, 1.807) is 0 Å². The summed E-state index contributed by atoms with van der Waals surface area (Å²) in [6.45, 7) is 0.722. The van der Waals surface area contributed by atoms with E-state index in [9.17, 15) is 12.8 Å². The van der Waals surface area contributed by atoms with Gasteiger partial charge in [0.15, 0.2) is 9.84 Å². The second-order valence-electron chi connectivity index (χ2n) is 3.72. The number of hydrogen-bond acceptors (Lipinski definition) is 5. The molecule has 19 heavy (non-hydrogen) atoms. The van der Waals surface area contributed by atoms with Crippen LogP contribution in [0, 0.1) is 5.82 Å². The molecule has 0 heterocycles. The number of rotatable bonds is 9. The van der Waals surface area contributed by atoms with Gasteiger partial charge in [-0.3, -0.25) is 0 Å². The van der Waals surface area contributed by atoms with Crippen molar-refractivity contribution in [2.24, 2.45) is 0 Å². The van der Waals surface area contributed by atoms with Crippen LogP contribution in [0.5, 0.6) is 0 Å². The van der Waals surface area contributed by atoms with Crippen LogP contribution in [0.2, 0.25) is 0 Å². The molecule has 1 rings (SSSR count). The van der Waals surface area contributed by atoms with Gasteiger partial charge >= 0.3 is 0 Å². The summed E-state index contributed by atoms with van der Waals surface area (Å²) in [5.74, 6) is -0.796. The third kappa shape index (κ3) is 6.11. The summed E-state index contributed by atoms with van der Waals surface area (Å²) < 4.78 is 46.6. The first kappa shape index (κ1) is 16.0. The molecule has 5 nitrogen and oxygen atoms in total. The number of ether oxygens (including phenoxy) is 2. The Balaban J connectivity index is 2.32. The molecule has 0 saturated heterocycles. The third-order valence-corrected chi connectivity index (χ3v) is 3.94. The van der Waals surface area contributed by atoms with E-state index >= 15 is 0 Å². The fourth-order valence-corrected chi connectivity index (χ4v) is 2.48. The average molecular weight is 292 g/mol. The quantitative estimate of drug-likeness (QED) is 0.676. The Labute approximate surface area is 111 Å². The first-order valence-corrected chi connectivity index (χ1v) is 7.46. The molecule has 0 aliphatic heterocycles. The van der Waals surface area contributed by atoms with E-state index in [-0.39, 0.29) is 37.1 Å². The van der Waals surface area contributed by atoms with Crippen LogP contribution in [-0.2, 0) is 19.3 Å². The molecule has 0 radical (unpaired) electrons. The van der Waals surface area contributed by atoms with Gasteiger partial charge in [-0.15, -0.1) is 0 Å². The van der Waals surface area contributed by atoms with Crippen LogP contribution in [0.15, 0.2) is 29.2 Å². The SMILES string of the molecule is O=S(=O)(CCOCCOCCO)c1cccc(F)c1. The highest BCUT2D eigenvalue weighted by Gasteiger charge is 2.14. The molecular formula is C12H17FO5S. The Kier molecular flexibility index (Phi) is 6.93. The molecule has 1 aromatic rings. The van der Waals surface area contributed by atoms with Crippen molar-refractivity contribution in [1.29, 1.82) is 0 Å². The zero-order valence-corrected chi connectivity index (χ0v) is 11.2. The van der Waals surface area contributed by atoms with Gasteiger partial charge in [0.05, 0.1) is 43.7 Å². The van der Waals surface area contributed by atoms with Crippen molar-refractivity contribution in [2.75, 3.05) is 38.8 Å². The van der Waals surface area contributed by atoms with Crippen molar-refractivity contribution in [1.82, 2.24) is 0 Å². The highest BCUT2D eigenvalue weighted by Crippen LogP contribution is 2.12. The summed E-state index contributed by atoms with van der Waals surface area (Å²) in [7, 11) is -3.53. The maximum Gasteiger partial charge on any atom is 0.180 e. The molecule has 108 valence electrons. The molecule has 0 aliphatic rings. The van der Waals surface area contributed by atoms with Gasteiger partial charge in [0.2, 0.25) is 0 Å². The van der Waals surface area contributed by atoms with E-state index in [1.165, 1.54) is 18.2 Å². The maximum atomic E-state index is 12.9. The minimum atomic E-state index is -3.53. The van der Waals surface area contributed by atoms with E-state index in [4.69, 9.17) is 14.6 Å². The predicted octanol–water partition coefficient (Wildman–Crippen LogP) is 0.625. The van der Waals surface area contributed by atoms with Gasteiger partial charge in [-0.05, 0) is 18.2 Å². The molecule has 0 unspecified atom stereocenters. The van der Waals surface area contributed by atoms with Crippen LogP contribution in [-0.4, -0.2) is 52.3 Å². The lowest BCUT2D eigenvalue weighted by atomic mass is 10.4. The zero-order valence-electron chi connectivity index (χ0n) is 10.4. The minimum absolute atomic E-state index is 0.0152. The van der Waals surface area contributed by atoms with E-state index in [0.29, 0.717) is 6.61 Å². The van der Waals surface area contributed by atoms with Crippen molar-refractivity contribution in [3.8, 4) is 0 Å². The Bertz CT molecular complexity index is 475. The largest absolute Gasteiger partial charge is 0.394 e. The fraction of sp³-hybridized carbons (Fsp3) is 0.500. The van der Waals surface area contributed by atoms with E-state index < -0.39 is 15.7 Å². The van der Waals surface area contributed by atoms with Crippen molar-refractivity contribution in [2.45, 2.75) is 4.90 Å². The predicted molar refractivity (Wildman–Crippen MR) is 67.2 cm³/mol. The second kappa shape index (κ2) is 8.21. The number of aliphatic hydroxyl groups excluding tert-OH is 1. The lowest BCUT2D eigenvalue weighted by molar-refractivity contribution is 0.0375. The van der Waals surface area contributed by atoms with Gasteiger partial charge < -0.3 is 14.6 Å². The van der Waals surface area contributed by atoms with Gasteiger partial charge in [-0.1, -0.05) is 6.07 Å². The average Bonchev–Trinajstić information content (AvgIpc) is 2.38. The van der Waals surface area contributed by atoms with Gasteiger partial charge in [-0.2, -0.15) is 0 Å². The number of aliphatic hydroxyl groups is 1. The molecule has 7 heteroatoms. The standard InChI is InChI=1S/C12H17FO5S/c13-11-2-1-3-12(10-11)19(15,16)9-8-18-7-6-17-5-4-14/h1-3,10,14H,4-9H2. The maximum absolute atomic E-state index is 12.9. The molecule has 0 bridgehead atoms. The smallest absolute Gasteiger partial charge is 0.180 e. The van der Waals surface area contributed by atoms with E-state index in [0.717, 1.165) is 6.07 Å². The van der Waals surface area contributed by atoms with Crippen molar-refractivity contribution >= 4 is 9.84 Å². The van der Waals surface area contributed by atoms with E-state index in [2.05, 4.69) is 0 Å². The number of halogens is 1. The van der Waals surface area contributed by atoms with Crippen LogP contribution in [0.1, 0.15) is 0 Å². The minimum Gasteiger partial charge on any atom is -0.394 e. The molecule has 0 amide bonds. The van der Waals surface area contributed by atoms with E-state index in [1.807, 2.05) is 0 Å². The summed E-state index contributed by atoms with van der Waals surface area (Å²) in [5.41, 5.74) is 0. The Hall–Kier alpha value is -1.02. The lowest BCUT2D eigenvalue weighted by Gasteiger charge is -2.06. The third-order valence-electron chi connectivity index (χ3n) is 2.26. The monoisotopic (exact) mass is 292 g/mol. The molecule has 0 fully saturated rings. The Morgan fingerprint density at radius 2 is 1.79 bits per heavy atom. The molecule has 0 saturated carbocycles. The number of sulfone groups is 1. The fourth-order valence-electron chi connectivity index (χ4n) is 1.33. The Morgan fingerprint density at radius 1 is 1.11 bits per heavy atom. The molecular weight excluding hydrogens is 275 g/mol.